The van der Waals surface area contributed by atoms with Gasteiger partial charge in [0.2, 0.25) is 0 Å². The van der Waals surface area contributed by atoms with Gasteiger partial charge in [-0.25, -0.2) is 0 Å². The van der Waals surface area contributed by atoms with E-state index in [-0.39, 0.29) is 59.4 Å². The summed E-state index contributed by atoms with van der Waals surface area (Å²) in [4.78, 5) is 0. The topological polar surface area (TPSA) is 27.7 Å². The van der Waals surface area contributed by atoms with Crippen LogP contribution in [0.5, 0.6) is 0 Å². The molecular weight excluding hydrogens is 372 g/mol. The van der Waals surface area contributed by atoms with Crippen LogP contribution in [-0.4, -0.2) is 46.3 Å². The second kappa shape index (κ2) is 33.1. The van der Waals surface area contributed by atoms with Crippen LogP contribution in [0.3, 0.4) is 0 Å². The maximum Gasteiger partial charge on any atom is 0.183 e. The van der Waals surface area contributed by atoms with Crippen LogP contribution in [0.25, 0.3) is 0 Å². The zero-order valence-corrected chi connectivity index (χ0v) is 17.7. The Labute approximate surface area is 178 Å². The fourth-order valence-corrected chi connectivity index (χ4v) is 0. The van der Waals surface area contributed by atoms with E-state index >= 15 is 0 Å². The van der Waals surface area contributed by atoms with Crippen molar-refractivity contribution in [3.63, 3.8) is 0 Å². The highest BCUT2D eigenvalue weighted by molar-refractivity contribution is 6.70. The van der Waals surface area contributed by atoms with Crippen molar-refractivity contribution in [1.82, 2.24) is 0 Å². The predicted molar refractivity (Wildman–Crippen MR) is 145 cm³/mol. The Morgan fingerprint density at radius 2 is 0.346 bits per heavy atom. The Balaban J connectivity index is -0.0000000125. The highest BCUT2D eigenvalue weighted by Crippen LogP contribution is 1.98. The minimum Gasteiger partial charge on any atom is -0.421 e. The van der Waals surface area contributed by atoms with E-state index in [1.807, 2.05) is 0 Å². The van der Waals surface area contributed by atoms with Gasteiger partial charge in [-0.1, -0.05) is 59.4 Å². The van der Waals surface area contributed by atoms with Crippen LogP contribution in [0.2, 0.25) is 58.9 Å². The molecule has 0 radical (unpaired) electrons. The van der Waals surface area contributed by atoms with E-state index in [4.69, 9.17) is 13.3 Å². The van der Waals surface area contributed by atoms with Crippen molar-refractivity contribution in [2.45, 2.75) is 118 Å². The molecule has 0 bridgehead atoms. The fraction of sp³-hybridized carbons (Fsp3) is 1.00. The molecule has 3 nitrogen and oxygen atoms in total. The van der Waals surface area contributed by atoms with Gasteiger partial charge in [0.1, 0.15) is 0 Å². The van der Waals surface area contributed by atoms with Crippen molar-refractivity contribution in [3.8, 4) is 0 Å². The van der Waals surface area contributed by atoms with Crippen LogP contribution in [-0.2, 0) is 13.3 Å². The zero-order valence-electron chi connectivity index (χ0n) is 14.7. The van der Waals surface area contributed by atoms with Crippen molar-refractivity contribution < 1.29 is 13.3 Å². The summed E-state index contributed by atoms with van der Waals surface area (Å²) in [5, 5.41) is 0. The van der Waals surface area contributed by atoms with E-state index in [0.29, 0.717) is 0 Å². The maximum atomic E-state index is 5.08. The van der Waals surface area contributed by atoms with Crippen LogP contribution in [0.15, 0.2) is 0 Å². The van der Waals surface area contributed by atoms with E-state index in [0.717, 1.165) is 0 Å². The normalized spacial score (nSPS) is 8.31. The van der Waals surface area contributed by atoms with E-state index < -0.39 is 25.0 Å². The largest absolute Gasteiger partial charge is 0.421 e. The Morgan fingerprint density at radius 3 is 0.346 bits per heavy atom. The summed E-state index contributed by atoms with van der Waals surface area (Å²) < 4.78 is 15.2. The summed E-state index contributed by atoms with van der Waals surface area (Å²) in [5.74, 6) is 0. The first kappa shape index (κ1) is 71.7. The molecule has 0 N–H and O–H groups in total. The summed E-state index contributed by atoms with van der Waals surface area (Å²) in [7, 11) is 1.92. The lowest BCUT2D eigenvalue weighted by Gasteiger charge is -2.10. The zero-order chi connectivity index (χ0) is 15.6. The van der Waals surface area contributed by atoms with Gasteiger partial charge in [0, 0.05) is 21.3 Å². The van der Waals surface area contributed by atoms with Crippen LogP contribution in [0.4, 0.5) is 0 Å². The summed E-state index contributed by atoms with van der Waals surface area (Å²) in [6.45, 7) is 19.4. The van der Waals surface area contributed by atoms with Gasteiger partial charge in [0.05, 0.1) is 0 Å². The van der Waals surface area contributed by atoms with E-state index in [9.17, 15) is 0 Å². The lowest BCUT2D eigenvalue weighted by atomic mass is 11.8. The molecule has 178 valence electrons. The predicted octanol–water partition coefficient (Wildman–Crippen LogP) is 9.49. The lowest BCUT2D eigenvalue weighted by Crippen LogP contribution is -2.22. The standard InChI is InChI=1S/3C4H12OSi.8CH4/c3*1-5-6(2,3)4;;;;;;;;/h3*1-4H3;8*1H4. The molecule has 26 heavy (non-hydrogen) atoms. The molecule has 0 saturated heterocycles. The number of hydrogen-bond acceptors (Lipinski definition) is 3. The molecule has 0 aliphatic heterocycles. The Morgan fingerprint density at radius 1 is 0.308 bits per heavy atom. The van der Waals surface area contributed by atoms with Gasteiger partial charge < -0.3 is 13.3 Å². The molecule has 0 aromatic heterocycles. The summed E-state index contributed by atoms with van der Waals surface area (Å²) >= 11 is 0. The third kappa shape index (κ3) is 150. The average molecular weight is 441 g/mol. The van der Waals surface area contributed by atoms with E-state index in [2.05, 4.69) is 58.9 Å². The van der Waals surface area contributed by atoms with Gasteiger partial charge in [0.25, 0.3) is 0 Å². The quantitative estimate of drug-likeness (QED) is 0.409. The van der Waals surface area contributed by atoms with Gasteiger partial charge in [-0.05, 0) is 58.9 Å². The van der Waals surface area contributed by atoms with Crippen molar-refractivity contribution in [2.24, 2.45) is 0 Å². The Kier molecular flexibility index (Phi) is 91.4. The van der Waals surface area contributed by atoms with Crippen LogP contribution >= 0.6 is 0 Å². The molecule has 0 unspecified atom stereocenters. The summed E-state index contributed by atoms with van der Waals surface area (Å²) in [6, 6.07) is 0. The molecule has 0 heterocycles. The van der Waals surface area contributed by atoms with Crippen molar-refractivity contribution >= 4 is 25.0 Å². The summed E-state index contributed by atoms with van der Waals surface area (Å²) in [6.07, 6.45) is 0. The molecule has 0 spiro atoms. The molecule has 0 aromatic carbocycles. The second-order valence-corrected chi connectivity index (χ2v) is 20.8. The van der Waals surface area contributed by atoms with E-state index in [1.54, 1.807) is 21.3 Å². The molecule has 0 aliphatic carbocycles. The van der Waals surface area contributed by atoms with Gasteiger partial charge in [-0.2, -0.15) is 0 Å². The highest BCUT2D eigenvalue weighted by atomic mass is 28.4. The SMILES string of the molecule is C.C.C.C.C.C.C.C.CO[Si](C)(C)C.CO[Si](C)(C)C.CO[Si](C)(C)C. The van der Waals surface area contributed by atoms with Crippen molar-refractivity contribution in [2.75, 3.05) is 21.3 Å². The fourth-order valence-electron chi connectivity index (χ4n) is 0. The molecule has 6 heteroatoms. The average Bonchev–Trinajstić information content (AvgIpc) is 2.16. The van der Waals surface area contributed by atoms with Crippen molar-refractivity contribution in [1.29, 1.82) is 0 Å². The first-order valence-electron chi connectivity index (χ1n) is 6.34. The van der Waals surface area contributed by atoms with Crippen molar-refractivity contribution in [3.05, 3.63) is 0 Å². The minimum absolute atomic E-state index is 0. The first-order chi connectivity index (χ1) is 7.68. The first-order valence-corrected chi connectivity index (χ1v) is 16.6. The van der Waals surface area contributed by atoms with Gasteiger partial charge in [-0.15, -0.1) is 0 Å². The number of rotatable bonds is 3. The molecular formula is C20H68O3Si3. The molecule has 0 aliphatic rings. The maximum absolute atomic E-state index is 5.08. The second-order valence-electron chi connectivity index (χ2n) is 6.95. The smallest absolute Gasteiger partial charge is 0.183 e. The Hall–Kier alpha value is 0.531. The third-order valence-corrected chi connectivity index (χ3v) is 5.51. The van der Waals surface area contributed by atoms with Gasteiger partial charge >= 0.3 is 0 Å². The van der Waals surface area contributed by atoms with Gasteiger partial charge in [-0.3, -0.25) is 0 Å². The lowest BCUT2D eigenvalue weighted by molar-refractivity contribution is 0.410. The molecule has 0 saturated carbocycles. The van der Waals surface area contributed by atoms with Crippen LogP contribution < -0.4 is 0 Å². The molecule has 0 atom stereocenters. The minimum atomic E-state index is -1.13. The van der Waals surface area contributed by atoms with Gasteiger partial charge in [0.15, 0.2) is 25.0 Å². The summed E-state index contributed by atoms with van der Waals surface area (Å²) in [5.41, 5.74) is 0. The highest BCUT2D eigenvalue weighted by Gasteiger charge is 2.10. The third-order valence-electron chi connectivity index (χ3n) is 1.84. The van der Waals surface area contributed by atoms with Crippen LogP contribution in [0.1, 0.15) is 59.4 Å². The molecule has 0 aromatic rings. The monoisotopic (exact) mass is 440 g/mol. The van der Waals surface area contributed by atoms with E-state index in [1.165, 1.54) is 0 Å². The number of hydrogen-bond donors (Lipinski definition) is 0. The molecule has 0 amide bonds. The van der Waals surface area contributed by atoms with Crippen LogP contribution in [0, 0.1) is 0 Å². The molecule has 0 rings (SSSR count). The Bertz CT molecular complexity index is 149. The molecule has 0 fully saturated rings.